The van der Waals surface area contributed by atoms with Crippen molar-refractivity contribution in [3.63, 3.8) is 0 Å². The fraction of sp³-hybridized carbons (Fsp3) is 0.211. The predicted octanol–water partition coefficient (Wildman–Crippen LogP) is 2.39. The van der Waals surface area contributed by atoms with Gasteiger partial charge in [0.1, 0.15) is 23.0 Å². The highest BCUT2D eigenvalue weighted by atomic mass is 16.5. The zero-order valence-corrected chi connectivity index (χ0v) is 16.1. The molecule has 0 aromatic heterocycles. The van der Waals surface area contributed by atoms with E-state index in [1.807, 2.05) is 0 Å². The van der Waals surface area contributed by atoms with Crippen molar-refractivity contribution in [3.8, 4) is 23.0 Å². The number of urea groups is 1. The van der Waals surface area contributed by atoms with E-state index in [9.17, 15) is 4.79 Å². The molecule has 0 aliphatic rings. The van der Waals surface area contributed by atoms with Crippen molar-refractivity contribution in [2.45, 2.75) is 0 Å². The van der Waals surface area contributed by atoms with Gasteiger partial charge in [0.2, 0.25) is 0 Å². The van der Waals surface area contributed by atoms with Crippen LogP contribution in [0.15, 0.2) is 46.6 Å². The second kappa shape index (κ2) is 10.4. The SMILES string of the molecule is COc1ccc(OC)c(/C=N/NC(=O)N/N=C/c2cc(OC)ccc2OC)c1. The molecule has 0 fully saturated rings. The fourth-order valence-corrected chi connectivity index (χ4v) is 2.23. The monoisotopic (exact) mass is 386 g/mol. The summed E-state index contributed by atoms with van der Waals surface area (Å²) in [6.45, 7) is 0. The first-order valence-electron chi connectivity index (χ1n) is 8.17. The topological polar surface area (TPSA) is 103 Å². The maximum Gasteiger partial charge on any atom is 0.355 e. The Hall–Kier alpha value is -3.75. The molecule has 9 heteroatoms. The van der Waals surface area contributed by atoms with Crippen molar-refractivity contribution in [3.05, 3.63) is 47.5 Å². The number of hydrazone groups is 2. The molecule has 0 heterocycles. The Bertz CT molecular complexity index is 798. The number of nitrogens with zero attached hydrogens (tertiary/aromatic N) is 2. The number of rotatable bonds is 8. The van der Waals surface area contributed by atoms with Gasteiger partial charge in [0.25, 0.3) is 0 Å². The quantitative estimate of drug-likeness (QED) is 0.536. The van der Waals surface area contributed by atoms with Crippen molar-refractivity contribution >= 4 is 18.5 Å². The van der Waals surface area contributed by atoms with Crippen LogP contribution in [0.1, 0.15) is 11.1 Å². The molecule has 2 N–H and O–H groups in total. The molecule has 9 nitrogen and oxygen atoms in total. The first-order chi connectivity index (χ1) is 13.6. The Morgan fingerprint density at radius 1 is 0.750 bits per heavy atom. The second-order valence-electron chi connectivity index (χ2n) is 5.28. The first kappa shape index (κ1) is 20.6. The number of amides is 2. The summed E-state index contributed by atoms with van der Waals surface area (Å²) in [7, 11) is 6.20. The first-order valence-corrected chi connectivity index (χ1v) is 8.17. The van der Waals surface area contributed by atoms with Gasteiger partial charge in [-0.3, -0.25) is 0 Å². The average Bonchev–Trinajstić information content (AvgIpc) is 2.73. The average molecular weight is 386 g/mol. The molecule has 2 rings (SSSR count). The van der Waals surface area contributed by atoms with E-state index in [2.05, 4.69) is 21.1 Å². The molecular formula is C19H22N4O5. The van der Waals surface area contributed by atoms with E-state index in [1.54, 1.807) is 64.8 Å². The minimum atomic E-state index is -0.615. The van der Waals surface area contributed by atoms with Crippen molar-refractivity contribution in [2.75, 3.05) is 28.4 Å². The van der Waals surface area contributed by atoms with E-state index in [-0.39, 0.29) is 0 Å². The van der Waals surface area contributed by atoms with Crippen LogP contribution in [-0.2, 0) is 0 Å². The second-order valence-corrected chi connectivity index (χ2v) is 5.28. The number of hydrogen-bond acceptors (Lipinski definition) is 7. The summed E-state index contributed by atoms with van der Waals surface area (Å²) < 4.78 is 20.8. The Morgan fingerprint density at radius 2 is 1.18 bits per heavy atom. The summed E-state index contributed by atoms with van der Waals surface area (Å²) in [5.74, 6) is 2.47. The van der Waals surface area contributed by atoms with Crippen molar-refractivity contribution in [1.29, 1.82) is 0 Å². The van der Waals surface area contributed by atoms with E-state index < -0.39 is 6.03 Å². The molecule has 0 saturated heterocycles. The standard InChI is InChI=1S/C19H22N4O5/c1-25-15-5-7-17(27-3)13(9-15)11-20-22-19(24)23-21-12-14-10-16(26-2)6-8-18(14)28-4/h5-12H,1-4H3,(H2,22,23,24)/b20-11+,21-12+. The lowest BCUT2D eigenvalue weighted by Gasteiger charge is -2.07. The van der Waals surface area contributed by atoms with Gasteiger partial charge in [-0.05, 0) is 36.4 Å². The molecule has 0 unspecified atom stereocenters. The van der Waals surface area contributed by atoms with Crippen LogP contribution in [0.5, 0.6) is 23.0 Å². The molecule has 2 aromatic carbocycles. The number of ether oxygens (including phenoxy) is 4. The highest BCUT2D eigenvalue weighted by molar-refractivity contribution is 5.87. The number of benzene rings is 2. The molecular weight excluding hydrogens is 364 g/mol. The van der Waals surface area contributed by atoms with Crippen LogP contribution in [-0.4, -0.2) is 46.9 Å². The minimum Gasteiger partial charge on any atom is -0.497 e. The highest BCUT2D eigenvalue weighted by Gasteiger charge is 2.04. The molecule has 0 spiro atoms. The molecule has 148 valence electrons. The normalized spacial score (nSPS) is 10.7. The summed E-state index contributed by atoms with van der Waals surface area (Å²) in [5, 5.41) is 7.74. The summed E-state index contributed by atoms with van der Waals surface area (Å²) in [5.41, 5.74) is 5.91. The summed E-state index contributed by atoms with van der Waals surface area (Å²) in [6, 6.07) is 9.86. The highest BCUT2D eigenvalue weighted by Crippen LogP contribution is 2.23. The Balaban J connectivity index is 1.96. The number of hydrogen-bond donors (Lipinski definition) is 2. The lowest BCUT2D eigenvalue weighted by atomic mass is 10.2. The molecule has 2 aromatic rings. The Labute approximate surface area is 162 Å². The number of carbonyl (C=O) groups is 1. The van der Waals surface area contributed by atoms with Gasteiger partial charge in [0, 0.05) is 11.1 Å². The van der Waals surface area contributed by atoms with Gasteiger partial charge in [-0.15, -0.1) is 0 Å². The van der Waals surface area contributed by atoms with Gasteiger partial charge >= 0.3 is 6.03 Å². The third-order valence-electron chi connectivity index (χ3n) is 3.61. The van der Waals surface area contributed by atoms with E-state index >= 15 is 0 Å². The van der Waals surface area contributed by atoms with Crippen LogP contribution in [0.2, 0.25) is 0 Å². The van der Waals surface area contributed by atoms with Crippen LogP contribution < -0.4 is 29.8 Å². The van der Waals surface area contributed by atoms with Gasteiger partial charge in [-0.2, -0.15) is 10.2 Å². The maximum absolute atomic E-state index is 11.8. The van der Waals surface area contributed by atoms with E-state index in [0.717, 1.165) is 0 Å². The maximum atomic E-state index is 11.8. The van der Waals surface area contributed by atoms with Crippen LogP contribution >= 0.6 is 0 Å². The Kier molecular flexibility index (Phi) is 7.64. The van der Waals surface area contributed by atoms with Gasteiger partial charge < -0.3 is 18.9 Å². The van der Waals surface area contributed by atoms with Crippen LogP contribution in [0.25, 0.3) is 0 Å². The van der Waals surface area contributed by atoms with Gasteiger partial charge in [0.05, 0.1) is 40.9 Å². The molecule has 0 bridgehead atoms. The summed E-state index contributed by atoms with van der Waals surface area (Å²) in [4.78, 5) is 11.8. The molecule has 0 atom stereocenters. The third kappa shape index (κ3) is 5.63. The molecule has 0 aliphatic heterocycles. The van der Waals surface area contributed by atoms with Gasteiger partial charge in [-0.1, -0.05) is 0 Å². The molecule has 28 heavy (non-hydrogen) atoms. The largest absolute Gasteiger partial charge is 0.497 e. The van der Waals surface area contributed by atoms with E-state index in [0.29, 0.717) is 34.1 Å². The van der Waals surface area contributed by atoms with Crippen LogP contribution in [0.3, 0.4) is 0 Å². The summed E-state index contributed by atoms with van der Waals surface area (Å²) in [6.07, 6.45) is 2.88. The molecule has 2 amide bonds. The summed E-state index contributed by atoms with van der Waals surface area (Å²) >= 11 is 0. The third-order valence-corrected chi connectivity index (χ3v) is 3.61. The lowest BCUT2D eigenvalue weighted by Crippen LogP contribution is -2.28. The van der Waals surface area contributed by atoms with Crippen molar-refractivity contribution < 1.29 is 23.7 Å². The number of nitrogens with one attached hydrogen (secondary N) is 2. The Morgan fingerprint density at radius 3 is 1.54 bits per heavy atom. The minimum absolute atomic E-state index is 0.592. The predicted molar refractivity (Wildman–Crippen MR) is 106 cm³/mol. The fourth-order valence-electron chi connectivity index (χ4n) is 2.23. The molecule has 0 aliphatic carbocycles. The van der Waals surface area contributed by atoms with Gasteiger partial charge in [0.15, 0.2) is 0 Å². The molecule has 0 radical (unpaired) electrons. The lowest BCUT2D eigenvalue weighted by molar-refractivity contribution is 0.242. The smallest absolute Gasteiger partial charge is 0.355 e. The number of methoxy groups -OCH3 is 4. The van der Waals surface area contributed by atoms with Crippen molar-refractivity contribution in [1.82, 2.24) is 10.9 Å². The number of carbonyl (C=O) groups excluding carboxylic acids is 1. The van der Waals surface area contributed by atoms with E-state index in [1.165, 1.54) is 12.4 Å². The van der Waals surface area contributed by atoms with Crippen molar-refractivity contribution in [2.24, 2.45) is 10.2 Å². The zero-order chi connectivity index (χ0) is 20.4. The van der Waals surface area contributed by atoms with E-state index in [4.69, 9.17) is 18.9 Å². The zero-order valence-electron chi connectivity index (χ0n) is 16.1. The van der Waals surface area contributed by atoms with Crippen LogP contribution in [0, 0.1) is 0 Å². The van der Waals surface area contributed by atoms with Gasteiger partial charge in [-0.25, -0.2) is 15.6 Å². The molecule has 0 saturated carbocycles. The van der Waals surface area contributed by atoms with Crippen LogP contribution in [0.4, 0.5) is 4.79 Å².